The van der Waals surface area contributed by atoms with E-state index in [9.17, 15) is 10.0 Å². The first-order valence-electron chi connectivity index (χ1n) is 8.19. The molecule has 0 atom stereocenters. The maximum absolute atomic E-state index is 12.0. The molecule has 1 amide bonds. The maximum atomic E-state index is 12.0. The molecule has 0 spiro atoms. The van der Waals surface area contributed by atoms with Gasteiger partial charge in [-0.15, -0.1) is 0 Å². The van der Waals surface area contributed by atoms with Crippen LogP contribution in [0.2, 0.25) is 0 Å². The van der Waals surface area contributed by atoms with Crippen LogP contribution in [-0.4, -0.2) is 32.1 Å². The van der Waals surface area contributed by atoms with Gasteiger partial charge in [-0.2, -0.15) is 0 Å². The Morgan fingerprint density at radius 2 is 2.00 bits per heavy atom. The molecule has 2 aromatic carbocycles. The fraction of sp³-hybridized carbons (Fsp3) is 0.222. The number of hydrogen-bond donors (Lipinski definition) is 3. The highest BCUT2D eigenvalue weighted by atomic mass is 16.5. The third-order valence-electron chi connectivity index (χ3n) is 3.75. The van der Waals surface area contributed by atoms with Crippen molar-refractivity contribution in [2.45, 2.75) is 6.42 Å². The Kier molecular flexibility index (Phi) is 5.67. The molecular formula is C18H20N5O3-. The van der Waals surface area contributed by atoms with Crippen LogP contribution in [0.15, 0.2) is 53.5 Å². The molecule has 0 fully saturated rings. The largest absolute Gasteiger partial charge is 0.739 e. The predicted octanol–water partition coefficient (Wildman–Crippen LogP) is 1.91. The zero-order valence-corrected chi connectivity index (χ0v) is 14.4. The molecule has 2 aromatic rings. The first-order valence-corrected chi connectivity index (χ1v) is 8.19. The molecule has 0 unspecified atom stereocenters. The minimum Gasteiger partial charge on any atom is -0.739 e. The van der Waals surface area contributed by atoms with Crippen LogP contribution in [0, 0.1) is 5.21 Å². The second-order valence-electron chi connectivity index (χ2n) is 5.70. The Morgan fingerprint density at radius 3 is 2.77 bits per heavy atom. The van der Waals surface area contributed by atoms with Gasteiger partial charge < -0.3 is 25.7 Å². The summed E-state index contributed by atoms with van der Waals surface area (Å²) < 4.78 is 4.89. The molecule has 1 aliphatic rings. The standard InChI is InChI=1S/C18H20N5O3/c1-26-11-10-19-17(24)12-13-6-8-14(9-7-13)20-18-21-15-4-2-3-5-16(15)23(25)22-18/h2-9H,10-12H2,1H3,(H,19,24)(H2,20,21,22)/q-1. The molecule has 3 N–H and O–H groups in total. The summed E-state index contributed by atoms with van der Waals surface area (Å²) in [7, 11) is 1.59. The monoisotopic (exact) mass is 354 g/mol. The van der Waals surface area contributed by atoms with Gasteiger partial charge in [0.25, 0.3) is 0 Å². The highest BCUT2D eigenvalue weighted by Crippen LogP contribution is 2.29. The van der Waals surface area contributed by atoms with Crippen molar-refractivity contribution in [2.75, 3.05) is 30.8 Å². The SMILES string of the molecule is COCCNC(=O)Cc1ccc(NC2=Nc3ccccc3N([O-])N2)cc1. The van der Waals surface area contributed by atoms with E-state index >= 15 is 0 Å². The highest BCUT2D eigenvalue weighted by molar-refractivity contribution is 5.99. The van der Waals surface area contributed by atoms with Crippen molar-refractivity contribution in [2.24, 2.45) is 4.99 Å². The van der Waals surface area contributed by atoms with Crippen LogP contribution in [0.3, 0.4) is 0 Å². The topological polar surface area (TPSA) is 101 Å². The van der Waals surface area contributed by atoms with Crippen LogP contribution in [-0.2, 0) is 16.0 Å². The Morgan fingerprint density at radius 1 is 1.23 bits per heavy atom. The lowest BCUT2D eigenvalue weighted by Gasteiger charge is -2.36. The van der Waals surface area contributed by atoms with Gasteiger partial charge in [0.2, 0.25) is 11.9 Å². The average molecular weight is 354 g/mol. The van der Waals surface area contributed by atoms with Crippen molar-refractivity contribution in [1.29, 1.82) is 0 Å². The second kappa shape index (κ2) is 8.32. The fourth-order valence-corrected chi connectivity index (χ4v) is 2.47. The Balaban J connectivity index is 1.60. The molecule has 0 saturated heterocycles. The van der Waals surface area contributed by atoms with Crippen LogP contribution in [0.4, 0.5) is 17.1 Å². The molecule has 136 valence electrons. The third-order valence-corrected chi connectivity index (χ3v) is 3.75. The summed E-state index contributed by atoms with van der Waals surface area (Å²) in [5.74, 6) is 0.281. The summed E-state index contributed by atoms with van der Waals surface area (Å²) in [5, 5.41) is 18.5. The molecule has 8 heteroatoms. The number of amides is 1. The Hall–Kier alpha value is -3.10. The lowest BCUT2D eigenvalue weighted by Crippen LogP contribution is -2.44. The Labute approximate surface area is 151 Å². The highest BCUT2D eigenvalue weighted by Gasteiger charge is 2.12. The average Bonchev–Trinajstić information content (AvgIpc) is 2.64. The smallest absolute Gasteiger partial charge is 0.224 e. The van der Waals surface area contributed by atoms with Gasteiger partial charge in [0.15, 0.2) is 0 Å². The summed E-state index contributed by atoms with van der Waals surface area (Å²) in [4.78, 5) is 16.2. The van der Waals surface area contributed by atoms with E-state index in [1.807, 2.05) is 30.3 Å². The minimum absolute atomic E-state index is 0.0558. The quantitative estimate of drug-likeness (QED) is 0.685. The van der Waals surface area contributed by atoms with E-state index < -0.39 is 0 Å². The van der Waals surface area contributed by atoms with Gasteiger partial charge >= 0.3 is 0 Å². The van der Waals surface area contributed by atoms with Gasteiger partial charge in [-0.25, -0.2) is 4.99 Å². The number of aliphatic imine (C=N–C) groups is 1. The normalized spacial score (nSPS) is 12.7. The number of anilines is 2. The number of methoxy groups -OCH3 is 1. The van der Waals surface area contributed by atoms with Gasteiger partial charge in [-0.3, -0.25) is 10.2 Å². The summed E-state index contributed by atoms with van der Waals surface area (Å²) in [6.45, 7) is 0.983. The first kappa shape index (κ1) is 17.7. The van der Waals surface area contributed by atoms with E-state index in [1.165, 1.54) is 0 Å². The molecule has 26 heavy (non-hydrogen) atoms. The number of para-hydroxylation sites is 2. The molecule has 0 bridgehead atoms. The molecule has 0 aliphatic carbocycles. The maximum Gasteiger partial charge on any atom is 0.224 e. The molecule has 0 saturated carbocycles. The number of ether oxygens (including phenoxy) is 1. The number of carbonyl (C=O) groups is 1. The second-order valence-corrected chi connectivity index (χ2v) is 5.70. The van der Waals surface area contributed by atoms with Crippen molar-refractivity contribution < 1.29 is 9.53 Å². The van der Waals surface area contributed by atoms with E-state index in [0.29, 0.717) is 42.1 Å². The number of guanidine groups is 1. The summed E-state index contributed by atoms with van der Waals surface area (Å²) in [6, 6.07) is 14.4. The Bertz CT molecular complexity index is 792. The van der Waals surface area contributed by atoms with Crippen molar-refractivity contribution in [1.82, 2.24) is 10.7 Å². The van der Waals surface area contributed by atoms with Gasteiger partial charge in [0, 0.05) is 19.3 Å². The number of fused-ring (bicyclic) bond motifs is 1. The van der Waals surface area contributed by atoms with Crippen LogP contribution in [0.5, 0.6) is 0 Å². The summed E-state index contributed by atoms with van der Waals surface area (Å²) in [6.07, 6.45) is 0.297. The van der Waals surface area contributed by atoms with Crippen molar-refractivity contribution in [3.05, 3.63) is 59.3 Å². The third kappa shape index (κ3) is 4.50. The van der Waals surface area contributed by atoms with Gasteiger partial charge in [-0.05, 0) is 29.8 Å². The van der Waals surface area contributed by atoms with Gasteiger partial charge in [-0.1, -0.05) is 24.3 Å². The zero-order valence-electron chi connectivity index (χ0n) is 14.4. The van der Waals surface area contributed by atoms with E-state index in [4.69, 9.17) is 4.74 Å². The number of hydrogen-bond acceptors (Lipinski definition) is 7. The summed E-state index contributed by atoms with van der Waals surface area (Å²) in [5.41, 5.74) is 5.34. The molecular weight excluding hydrogens is 334 g/mol. The van der Waals surface area contributed by atoms with Gasteiger partial charge in [0.1, 0.15) is 0 Å². The van der Waals surface area contributed by atoms with E-state index in [0.717, 1.165) is 11.3 Å². The number of carbonyl (C=O) groups excluding carboxylic acids is 1. The van der Waals surface area contributed by atoms with Crippen LogP contribution < -0.4 is 21.2 Å². The first-order chi connectivity index (χ1) is 12.7. The number of nitrogens with one attached hydrogen (secondary N) is 3. The van der Waals surface area contributed by atoms with E-state index in [1.54, 1.807) is 25.3 Å². The summed E-state index contributed by atoms with van der Waals surface area (Å²) >= 11 is 0. The lowest BCUT2D eigenvalue weighted by atomic mass is 10.1. The van der Waals surface area contributed by atoms with Crippen LogP contribution in [0.25, 0.3) is 0 Å². The van der Waals surface area contributed by atoms with Crippen molar-refractivity contribution in [3.63, 3.8) is 0 Å². The van der Waals surface area contributed by atoms with E-state index in [-0.39, 0.29) is 5.91 Å². The van der Waals surface area contributed by atoms with E-state index in [2.05, 4.69) is 21.1 Å². The fourth-order valence-electron chi connectivity index (χ4n) is 2.47. The van der Waals surface area contributed by atoms with Crippen molar-refractivity contribution >= 4 is 28.9 Å². The number of benzene rings is 2. The molecule has 8 nitrogen and oxygen atoms in total. The molecule has 0 radical (unpaired) electrons. The minimum atomic E-state index is -0.0558. The molecule has 3 rings (SSSR count). The zero-order chi connectivity index (χ0) is 18.4. The van der Waals surface area contributed by atoms with Crippen LogP contribution >= 0.6 is 0 Å². The number of nitrogens with zero attached hydrogens (tertiary/aromatic N) is 2. The molecule has 0 aromatic heterocycles. The number of rotatable bonds is 6. The van der Waals surface area contributed by atoms with Crippen LogP contribution in [0.1, 0.15) is 5.56 Å². The predicted molar refractivity (Wildman–Crippen MR) is 101 cm³/mol. The van der Waals surface area contributed by atoms with Gasteiger partial charge in [0.05, 0.1) is 24.4 Å². The lowest BCUT2D eigenvalue weighted by molar-refractivity contribution is -0.120. The molecule has 1 aliphatic heterocycles. The number of hydrazine groups is 1. The molecule has 1 heterocycles. The van der Waals surface area contributed by atoms with Crippen molar-refractivity contribution in [3.8, 4) is 0 Å².